The number of pyridine rings is 1. The van der Waals surface area contributed by atoms with E-state index in [9.17, 15) is 8.42 Å². The zero-order valence-electron chi connectivity index (χ0n) is 10.1. The van der Waals surface area contributed by atoms with Crippen molar-refractivity contribution in [3.8, 4) is 17.4 Å². The molecule has 0 saturated carbocycles. The molecule has 0 spiro atoms. The van der Waals surface area contributed by atoms with Crippen LogP contribution in [0.5, 0.6) is 17.4 Å². The summed E-state index contributed by atoms with van der Waals surface area (Å²) in [5.74, 6) is 0.733. The molecule has 100 valence electrons. The predicted molar refractivity (Wildman–Crippen MR) is 68.7 cm³/mol. The van der Waals surface area contributed by atoms with Gasteiger partial charge in [-0.2, -0.15) is 0 Å². The largest absolute Gasteiger partial charge is 0.493 e. The summed E-state index contributed by atoms with van der Waals surface area (Å²) in [6, 6.07) is 9.62. The quantitative estimate of drug-likeness (QED) is 0.917. The normalized spacial score (nSPS) is 11.1. The molecule has 0 unspecified atom stereocenters. The van der Waals surface area contributed by atoms with Crippen LogP contribution in [0.3, 0.4) is 0 Å². The number of methoxy groups -OCH3 is 1. The molecular weight excluding hydrogens is 268 g/mol. The fourth-order valence-electron chi connectivity index (χ4n) is 1.48. The van der Waals surface area contributed by atoms with Gasteiger partial charge in [-0.15, -0.1) is 0 Å². The van der Waals surface area contributed by atoms with Crippen molar-refractivity contribution in [2.45, 2.75) is 4.90 Å². The SMILES string of the molecule is COc1ccccc1Oc1ncccc1S(N)(=O)=O. The van der Waals surface area contributed by atoms with Crippen molar-refractivity contribution >= 4 is 10.0 Å². The average Bonchev–Trinajstić information content (AvgIpc) is 2.39. The zero-order chi connectivity index (χ0) is 13.9. The Morgan fingerprint density at radius 1 is 1.11 bits per heavy atom. The molecule has 0 aliphatic heterocycles. The summed E-state index contributed by atoms with van der Waals surface area (Å²) >= 11 is 0. The van der Waals surface area contributed by atoms with Crippen molar-refractivity contribution in [2.75, 3.05) is 7.11 Å². The standard InChI is InChI=1S/C12H12N2O4S/c1-17-9-5-2-3-6-10(9)18-12-11(19(13,15)16)7-4-8-14-12/h2-8H,1H3,(H2,13,15,16). The number of nitrogens with zero attached hydrogens (tertiary/aromatic N) is 1. The van der Waals surface area contributed by atoms with E-state index in [0.29, 0.717) is 11.5 Å². The molecule has 0 saturated heterocycles. The van der Waals surface area contributed by atoms with E-state index in [1.165, 1.54) is 25.4 Å². The van der Waals surface area contributed by atoms with Gasteiger partial charge in [-0.05, 0) is 24.3 Å². The van der Waals surface area contributed by atoms with E-state index in [4.69, 9.17) is 14.6 Å². The molecule has 0 radical (unpaired) electrons. The average molecular weight is 280 g/mol. The summed E-state index contributed by atoms with van der Waals surface area (Å²) in [6.45, 7) is 0. The lowest BCUT2D eigenvalue weighted by Crippen LogP contribution is -2.13. The second kappa shape index (κ2) is 5.25. The van der Waals surface area contributed by atoms with E-state index in [1.807, 2.05) is 0 Å². The van der Waals surface area contributed by atoms with E-state index >= 15 is 0 Å². The molecule has 6 nitrogen and oxygen atoms in total. The van der Waals surface area contributed by atoms with E-state index in [1.54, 1.807) is 24.3 Å². The smallest absolute Gasteiger partial charge is 0.243 e. The fraction of sp³-hybridized carbons (Fsp3) is 0.0833. The Bertz CT molecular complexity index is 686. The Morgan fingerprint density at radius 3 is 2.42 bits per heavy atom. The number of benzene rings is 1. The van der Waals surface area contributed by atoms with Crippen molar-refractivity contribution in [1.29, 1.82) is 0 Å². The van der Waals surface area contributed by atoms with Crippen LogP contribution in [0.4, 0.5) is 0 Å². The molecule has 1 heterocycles. The molecule has 1 aromatic heterocycles. The minimum Gasteiger partial charge on any atom is -0.493 e. The first kappa shape index (κ1) is 13.3. The van der Waals surface area contributed by atoms with Crippen LogP contribution in [0.15, 0.2) is 47.5 Å². The molecule has 2 N–H and O–H groups in total. The molecule has 19 heavy (non-hydrogen) atoms. The van der Waals surface area contributed by atoms with E-state index in [-0.39, 0.29) is 10.8 Å². The van der Waals surface area contributed by atoms with E-state index in [0.717, 1.165) is 0 Å². The third-order valence-electron chi connectivity index (χ3n) is 2.32. The fourth-order valence-corrected chi connectivity index (χ4v) is 2.08. The Labute approximate surface area is 110 Å². The van der Waals surface area contributed by atoms with Gasteiger partial charge in [-0.25, -0.2) is 18.5 Å². The molecule has 0 bridgehead atoms. The van der Waals surface area contributed by atoms with Crippen molar-refractivity contribution in [2.24, 2.45) is 5.14 Å². The number of ether oxygens (including phenoxy) is 2. The molecular formula is C12H12N2O4S. The molecule has 0 aliphatic carbocycles. The lowest BCUT2D eigenvalue weighted by molar-refractivity contribution is 0.370. The van der Waals surface area contributed by atoms with Gasteiger partial charge in [-0.3, -0.25) is 0 Å². The molecule has 1 aromatic carbocycles. The number of primary sulfonamides is 1. The van der Waals surface area contributed by atoms with Gasteiger partial charge in [0, 0.05) is 6.20 Å². The summed E-state index contributed by atoms with van der Waals surface area (Å²) in [5.41, 5.74) is 0. The third-order valence-corrected chi connectivity index (χ3v) is 3.24. The van der Waals surface area contributed by atoms with E-state index in [2.05, 4.69) is 4.98 Å². The summed E-state index contributed by atoms with van der Waals surface area (Å²) in [4.78, 5) is 3.70. The topological polar surface area (TPSA) is 91.5 Å². The third kappa shape index (κ3) is 3.01. The molecule has 0 atom stereocenters. The lowest BCUT2D eigenvalue weighted by atomic mass is 10.3. The monoisotopic (exact) mass is 280 g/mol. The second-order valence-electron chi connectivity index (χ2n) is 3.60. The highest BCUT2D eigenvalue weighted by Crippen LogP contribution is 2.32. The van der Waals surface area contributed by atoms with Crippen molar-refractivity contribution in [1.82, 2.24) is 4.98 Å². The number of sulfonamides is 1. The highest BCUT2D eigenvalue weighted by atomic mass is 32.2. The van der Waals surface area contributed by atoms with Gasteiger partial charge < -0.3 is 9.47 Å². The first-order chi connectivity index (χ1) is 9.02. The predicted octanol–water partition coefficient (Wildman–Crippen LogP) is 1.53. The maximum atomic E-state index is 11.4. The number of hydrogen-bond acceptors (Lipinski definition) is 5. The van der Waals surface area contributed by atoms with Gasteiger partial charge >= 0.3 is 0 Å². The molecule has 0 aliphatic rings. The lowest BCUT2D eigenvalue weighted by Gasteiger charge is -2.11. The maximum Gasteiger partial charge on any atom is 0.243 e. The van der Waals surface area contributed by atoms with Crippen LogP contribution in [0.1, 0.15) is 0 Å². The molecule has 0 amide bonds. The molecule has 2 aromatic rings. The first-order valence-corrected chi connectivity index (χ1v) is 6.85. The van der Waals surface area contributed by atoms with E-state index < -0.39 is 10.0 Å². The van der Waals surface area contributed by atoms with Crippen LogP contribution in [-0.4, -0.2) is 20.5 Å². The van der Waals surface area contributed by atoms with Crippen LogP contribution < -0.4 is 14.6 Å². The number of rotatable bonds is 4. The van der Waals surface area contributed by atoms with Gasteiger partial charge in [-0.1, -0.05) is 12.1 Å². The van der Waals surface area contributed by atoms with Gasteiger partial charge in [0.15, 0.2) is 11.5 Å². The van der Waals surface area contributed by atoms with Gasteiger partial charge in [0.1, 0.15) is 4.90 Å². The van der Waals surface area contributed by atoms with Crippen molar-refractivity contribution in [3.63, 3.8) is 0 Å². The number of nitrogens with two attached hydrogens (primary N) is 1. The van der Waals surface area contributed by atoms with Gasteiger partial charge in [0.2, 0.25) is 15.9 Å². The number of hydrogen-bond donors (Lipinski definition) is 1. The number of aromatic nitrogens is 1. The Balaban J connectivity index is 2.45. The maximum absolute atomic E-state index is 11.4. The Morgan fingerprint density at radius 2 is 1.79 bits per heavy atom. The first-order valence-electron chi connectivity index (χ1n) is 5.31. The summed E-state index contributed by atoms with van der Waals surface area (Å²) < 4.78 is 33.4. The molecule has 2 rings (SSSR count). The highest BCUT2D eigenvalue weighted by Gasteiger charge is 2.17. The molecule has 7 heteroatoms. The summed E-state index contributed by atoms with van der Waals surface area (Å²) in [5, 5.41) is 5.10. The summed E-state index contributed by atoms with van der Waals surface area (Å²) in [6.07, 6.45) is 1.42. The van der Waals surface area contributed by atoms with Gasteiger partial charge in [0.25, 0.3) is 0 Å². The second-order valence-corrected chi connectivity index (χ2v) is 5.13. The minimum atomic E-state index is -3.90. The van der Waals surface area contributed by atoms with Crippen LogP contribution >= 0.6 is 0 Å². The number of para-hydroxylation sites is 2. The summed E-state index contributed by atoms with van der Waals surface area (Å²) in [7, 11) is -2.41. The Hall–Kier alpha value is -2.12. The van der Waals surface area contributed by atoms with Crippen LogP contribution in [0, 0.1) is 0 Å². The molecule has 0 fully saturated rings. The Kier molecular flexibility index (Phi) is 3.68. The highest BCUT2D eigenvalue weighted by molar-refractivity contribution is 7.89. The van der Waals surface area contributed by atoms with Crippen LogP contribution in [0.2, 0.25) is 0 Å². The zero-order valence-corrected chi connectivity index (χ0v) is 10.9. The van der Waals surface area contributed by atoms with Gasteiger partial charge in [0.05, 0.1) is 7.11 Å². The van der Waals surface area contributed by atoms with Crippen LogP contribution in [0.25, 0.3) is 0 Å². The minimum absolute atomic E-state index is 0.0884. The van der Waals surface area contributed by atoms with Crippen molar-refractivity contribution in [3.05, 3.63) is 42.6 Å². The van der Waals surface area contributed by atoms with Crippen LogP contribution in [-0.2, 0) is 10.0 Å². The van der Waals surface area contributed by atoms with Crippen molar-refractivity contribution < 1.29 is 17.9 Å².